The summed E-state index contributed by atoms with van der Waals surface area (Å²) >= 11 is 1.39. The van der Waals surface area contributed by atoms with E-state index in [-0.39, 0.29) is 35.2 Å². The van der Waals surface area contributed by atoms with Crippen molar-refractivity contribution in [3.05, 3.63) is 21.4 Å². The summed E-state index contributed by atoms with van der Waals surface area (Å²) in [4.78, 5) is 28.6. The van der Waals surface area contributed by atoms with Crippen molar-refractivity contribution in [1.29, 1.82) is 0 Å². The molecule has 1 fully saturated rings. The van der Waals surface area contributed by atoms with E-state index < -0.39 is 0 Å². The number of thiophene rings is 1. The highest BCUT2D eigenvalue weighted by Crippen LogP contribution is 2.34. The number of hydrogen-bond donors (Lipinski definition) is 0. The van der Waals surface area contributed by atoms with E-state index in [4.69, 9.17) is 4.74 Å². The molecule has 28 heavy (non-hydrogen) atoms. The summed E-state index contributed by atoms with van der Waals surface area (Å²) < 4.78 is 4.99. The molecule has 2 heterocycles. The van der Waals surface area contributed by atoms with E-state index in [1.165, 1.54) is 18.4 Å². The summed E-state index contributed by atoms with van der Waals surface area (Å²) in [6, 6.07) is 2.25. The van der Waals surface area contributed by atoms with E-state index in [0.29, 0.717) is 11.3 Å². The molecule has 0 spiro atoms. The summed E-state index contributed by atoms with van der Waals surface area (Å²) in [6.07, 6.45) is 2.50. The maximum atomic E-state index is 12.8. The van der Waals surface area contributed by atoms with Crippen molar-refractivity contribution in [2.75, 3.05) is 13.7 Å². The van der Waals surface area contributed by atoms with Crippen LogP contribution in [-0.2, 0) is 16.0 Å². The number of amides is 1. The fraction of sp³-hybridized carbons (Fsp3) is 0.652. The molecule has 0 aliphatic carbocycles. The molecule has 5 heteroatoms. The molecule has 0 N–H and O–H groups in total. The van der Waals surface area contributed by atoms with Crippen LogP contribution in [0.4, 0.5) is 0 Å². The molecule has 0 bridgehead atoms. The van der Waals surface area contributed by atoms with Crippen LogP contribution in [0.2, 0.25) is 0 Å². The average Bonchev–Trinajstić information content (AvgIpc) is 3.20. The van der Waals surface area contributed by atoms with Gasteiger partial charge < -0.3 is 9.64 Å². The quantitative estimate of drug-likeness (QED) is 0.508. The van der Waals surface area contributed by atoms with Crippen molar-refractivity contribution in [2.45, 2.75) is 66.8 Å². The lowest BCUT2D eigenvalue weighted by atomic mass is 9.84. The van der Waals surface area contributed by atoms with Crippen LogP contribution in [0, 0.1) is 29.1 Å². The van der Waals surface area contributed by atoms with Gasteiger partial charge in [-0.15, -0.1) is 11.3 Å². The second kappa shape index (κ2) is 9.13. The topological polar surface area (TPSA) is 46.6 Å². The Morgan fingerprint density at radius 3 is 2.57 bits per heavy atom. The fourth-order valence-electron chi connectivity index (χ4n) is 3.68. The summed E-state index contributed by atoms with van der Waals surface area (Å²) in [7, 11) is 1.41. The average molecular weight is 404 g/mol. The van der Waals surface area contributed by atoms with Gasteiger partial charge >= 0.3 is 5.97 Å². The van der Waals surface area contributed by atoms with Gasteiger partial charge in [-0.1, -0.05) is 25.2 Å². The van der Waals surface area contributed by atoms with E-state index >= 15 is 0 Å². The van der Waals surface area contributed by atoms with Gasteiger partial charge in [0, 0.05) is 23.9 Å². The molecule has 1 amide bonds. The van der Waals surface area contributed by atoms with Gasteiger partial charge in [-0.25, -0.2) is 4.79 Å². The molecular formula is C23H33NO3S. The molecule has 1 aliphatic heterocycles. The van der Waals surface area contributed by atoms with Gasteiger partial charge in [-0.05, 0) is 65.0 Å². The van der Waals surface area contributed by atoms with Gasteiger partial charge in [0.15, 0.2) is 0 Å². The number of likely N-dealkylation sites (tertiary alicyclic amines) is 1. The van der Waals surface area contributed by atoms with E-state index in [9.17, 15) is 9.59 Å². The van der Waals surface area contributed by atoms with E-state index in [1.54, 1.807) is 0 Å². The molecule has 0 aromatic carbocycles. The molecule has 0 saturated carbocycles. The molecule has 1 saturated heterocycles. The van der Waals surface area contributed by atoms with Crippen LogP contribution in [0.3, 0.4) is 0 Å². The van der Waals surface area contributed by atoms with Gasteiger partial charge in [0.25, 0.3) is 0 Å². The Morgan fingerprint density at radius 1 is 1.39 bits per heavy atom. The standard InChI is InChI=1S/C23H33NO3S/c1-8-16(19-10-12-24(15(2)3)21(19)25)13-17-14-18(9-11-23(4,5)6)28-20(17)22(26)27-7/h14-16,19H,8,10,12-13H2,1-7H3. The first kappa shape index (κ1) is 22.5. The largest absolute Gasteiger partial charge is 0.465 e. The van der Waals surface area contributed by atoms with Gasteiger partial charge in [0.05, 0.1) is 12.0 Å². The van der Waals surface area contributed by atoms with Crippen LogP contribution < -0.4 is 0 Å². The molecule has 1 aromatic rings. The minimum absolute atomic E-state index is 0.0295. The van der Waals surface area contributed by atoms with Crippen LogP contribution in [0.15, 0.2) is 6.07 Å². The van der Waals surface area contributed by atoms with Crippen molar-refractivity contribution in [2.24, 2.45) is 17.3 Å². The van der Waals surface area contributed by atoms with Crippen molar-refractivity contribution in [1.82, 2.24) is 4.90 Å². The SMILES string of the molecule is CCC(Cc1cc(C#CC(C)(C)C)sc1C(=O)OC)C1CCN(C(C)C)C1=O. The first-order chi connectivity index (χ1) is 13.1. The summed E-state index contributed by atoms with van der Waals surface area (Å²) in [5, 5.41) is 0. The summed E-state index contributed by atoms with van der Waals surface area (Å²) in [6.45, 7) is 13.3. The van der Waals surface area contributed by atoms with Crippen molar-refractivity contribution >= 4 is 23.2 Å². The lowest BCUT2D eigenvalue weighted by Gasteiger charge is -2.24. The maximum absolute atomic E-state index is 12.8. The normalized spacial score (nSPS) is 18.2. The zero-order chi connectivity index (χ0) is 21.1. The minimum Gasteiger partial charge on any atom is -0.465 e. The highest BCUT2D eigenvalue weighted by molar-refractivity contribution is 7.14. The van der Waals surface area contributed by atoms with Crippen LogP contribution >= 0.6 is 11.3 Å². The van der Waals surface area contributed by atoms with Gasteiger partial charge in [0.1, 0.15) is 4.88 Å². The number of nitrogens with zero attached hydrogens (tertiary/aromatic N) is 1. The Bertz CT molecular complexity index is 776. The third-order valence-corrected chi connectivity index (χ3v) is 6.29. The Kier molecular flexibility index (Phi) is 7.33. The minimum atomic E-state index is -0.319. The number of methoxy groups -OCH3 is 1. The monoisotopic (exact) mass is 403 g/mol. The van der Waals surface area contributed by atoms with Crippen LogP contribution in [0.1, 0.15) is 74.5 Å². The lowest BCUT2D eigenvalue weighted by molar-refractivity contribution is -0.133. The molecule has 4 nitrogen and oxygen atoms in total. The number of carbonyl (C=O) groups excluding carboxylic acids is 2. The van der Waals surface area contributed by atoms with E-state index in [0.717, 1.165) is 29.8 Å². The van der Waals surface area contributed by atoms with Crippen LogP contribution in [0.5, 0.6) is 0 Å². The van der Waals surface area contributed by atoms with Crippen molar-refractivity contribution in [3.8, 4) is 11.8 Å². The predicted octanol–water partition coefficient (Wildman–Crippen LogP) is 4.76. The smallest absolute Gasteiger partial charge is 0.348 e. The first-order valence-electron chi connectivity index (χ1n) is 10.1. The third kappa shape index (κ3) is 5.38. The molecule has 2 atom stereocenters. The first-order valence-corrected chi connectivity index (χ1v) is 10.9. The number of rotatable bonds is 6. The molecule has 1 aliphatic rings. The highest BCUT2D eigenvalue weighted by Gasteiger charge is 2.38. The van der Waals surface area contributed by atoms with Crippen LogP contribution in [0.25, 0.3) is 0 Å². The lowest BCUT2D eigenvalue weighted by Crippen LogP contribution is -2.35. The van der Waals surface area contributed by atoms with Gasteiger partial charge in [0.2, 0.25) is 5.91 Å². The Labute approximate surface area is 173 Å². The Hall–Kier alpha value is -1.80. The summed E-state index contributed by atoms with van der Waals surface area (Å²) in [5.41, 5.74) is 0.857. The highest BCUT2D eigenvalue weighted by atomic mass is 32.1. The van der Waals surface area contributed by atoms with Gasteiger partial charge in [-0.3, -0.25) is 4.79 Å². The molecule has 154 valence electrons. The van der Waals surface area contributed by atoms with E-state index in [2.05, 4.69) is 53.4 Å². The van der Waals surface area contributed by atoms with Crippen LogP contribution in [-0.4, -0.2) is 36.5 Å². The second-order valence-corrected chi connectivity index (χ2v) is 9.90. The second-order valence-electron chi connectivity index (χ2n) is 8.85. The fourth-order valence-corrected chi connectivity index (χ4v) is 4.65. The Morgan fingerprint density at radius 2 is 2.07 bits per heavy atom. The zero-order valence-electron chi connectivity index (χ0n) is 18.2. The molecule has 2 unspecified atom stereocenters. The number of ether oxygens (including phenoxy) is 1. The molecule has 0 radical (unpaired) electrons. The van der Waals surface area contributed by atoms with Gasteiger partial charge in [-0.2, -0.15) is 0 Å². The zero-order valence-corrected chi connectivity index (χ0v) is 19.0. The van der Waals surface area contributed by atoms with Crippen molar-refractivity contribution in [3.63, 3.8) is 0 Å². The number of carbonyl (C=O) groups is 2. The summed E-state index contributed by atoms with van der Waals surface area (Å²) in [5.74, 6) is 6.62. The number of hydrogen-bond acceptors (Lipinski definition) is 4. The maximum Gasteiger partial charge on any atom is 0.348 e. The molecule has 1 aromatic heterocycles. The van der Waals surface area contributed by atoms with E-state index in [1.807, 2.05) is 11.0 Å². The van der Waals surface area contributed by atoms with Crippen molar-refractivity contribution < 1.29 is 14.3 Å². The molecular weight excluding hydrogens is 370 g/mol. The number of esters is 1. The molecule has 2 rings (SSSR count). The predicted molar refractivity (Wildman–Crippen MR) is 114 cm³/mol. The Balaban J connectivity index is 2.29. The third-order valence-electron chi connectivity index (χ3n) is 5.22.